The number of piperazine rings is 1. The minimum absolute atomic E-state index is 0.147. The van der Waals surface area contributed by atoms with Crippen molar-refractivity contribution >= 4 is 23.1 Å². The molecule has 9 heteroatoms. The highest BCUT2D eigenvalue weighted by Crippen LogP contribution is 2.31. The molecule has 1 aliphatic rings. The molecule has 0 unspecified atom stereocenters. The first-order valence-electron chi connectivity index (χ1n) is 10.6. The first-order valence-corrected chi connectivity index (χ1v) is 10.6. The number of amides is 2. The molecule has 0 bridgehead atoms. The van der Waals surface area contributed by atoms with Gasteiger partial charge >= 0.3 is 6.09 Å². The van der Waals surface area contributed by atoms with Crippen LogP contribution in [-0.2, 0) is 4.74 Å². The van der Waals surface area contributed by atoms with Gasteiger partial charge in [-0.05, 0) is 53.7 Å². The quantitative estimate of drug-likeness (QED) is 0.591. The molecule has 2 amide bonds. The zero-order valence-corrected chi connectivity index (χ0v) is 19.3. The molecule has 1 saturated heterocycles. The summed E-state index contributed by atoms with van der Waals surface area (Å²) in [5.41, 5.74) is 2.25. The molecule has 1 aliphatic heterocycles. The molecule has 0 aromatic carbocycles. The molecular formula is C23H28N4O5. The fraction of sp³-hybridized carbons (Fsp3) is 0.478. The van der Waals surface area contributed by atoms with Gasteiger partial charge in [-0.15, -0.1) is 0 Å². The van der Waals surface area contributed by atoms with Crippen molar-refractivity contribution in [2.24, 2.45) is 0 Å². The van der Waals surface area contributed by atoms with E-state index in [1.54, 1.807) is 22.8 Å². The molecule has 1 fully saturated rings. The van der Waals surface area contributed by atoms with E-state index in [1.165, 1.54) is 0 Å². The Balaban J connectivity index is 1.61. The van der Waals surface area contributed by atoms with Gasteiger partial charge in [0.25, 0.3) is 11.6 Å². The lowest BCUT2D eigenvalue weighted by atomic mass is 10.0. The lowest BCUT2D eigenvalue weighted by molar-refractivity contribution is 0.0141. The van der Waals surface area contributed by atoms with Gasteiger partial charge in [0.15, 0.2) is 0 Å². The molecule has 0 N–H and O–H groups in total. The summed E-state index contributed by atoms with van der Waals surface area (Å²) in [4.78, 5) is 33.8. The molecule has 0 radical (unpaired) electrons. The van der Waals surface area contributed by atoms with Crippen molar-refractivity contribution in [1.29, 1.82) is 0 Å². The average Bonchev–Trinajstić information content (AvgIpc) is 3.27. The van der Waals surface area contributed by atoms with Crippen molar-refractivity contribution in [3.63, 3.8) is 0 Å². The number of carbonyl (C=O) groups excluding carboxylic acids is 2. The van der Waals surface area contributed by atoms with E-state index < -0.39 is 5.60 Å². The fourth-order valence-corrected chi connectivity index (χ4v) is 3.88. The van der Waals surface area contributed by atoms with Crippen molar-refractivity contribution < 1.29 is 23.3 Å². The summed E-state index contributed by atoms with van der Waals surface area (Å²) in [6.07, 6.45) is -0.362. The van der Waals surface area contributed by atoms with Crippen molar-refractivity contribution in [2.75, 3.05) is 26.2 Å². The van der Waals surface area contributed by atoms with Crippen LogP contribution < -0.4 is 0 Å². The summed E-state index contributed by atoms with van der Waals surface area (Å²) in [6.45, 7) is 12.6. The second-order valence-electron chi connectivity index (χ2n) is 9.09. The molecule has 9 nitrogen and oxygen atoms in total. The Kier molecular flexibility index (Phi) is 5.44. The van der Waals surface area contributed by atoms with Crippen molar-refractivity contribution in [2.45, 2.75) is 47.1 Å². The Hall–Kier alpha value is -3.36. The van der Waals surface area contributed by atoms with E-state index in [0.29, 0.717) is 54.2 Å². The minimum Gasteiger partial charge on any atom is -0.466 e. The maximum Gasteiger partial charge on any atom is 0.410 e. The number of aromatic nitrogens is 2. The number of fused-ring (bicyclic) bond motifs is 1. The van der Waals surface area contributed by atoms with Crippen LogP contribution in [0.5, 0.6) is 0 Å². The Bertz CT molecular complexity index is 1180. The van der Waals surface area contributed by atoms with Gasteiger partial charge in [-0.25, -0.2) is 9.78 Å². The lowest BCUT2D eigenvalue weighted by Crippen LogP contribution is -2.51. The Morgan fingerprint density at radius 2 is 1.69 bits per heavy atom. The summed E-state index contributed by atoms with van der Waals surface area (Å²) >= 11 is 0. The number of hydrogen-bond donors (Lipinski definition) is 0. The Morgan fingerprint density at radius 1 is 1.03 bits per heavy atom. The topological polar surface area (TPSA) is 102 Å². The lowest BCUT2D eigenvalue weighted by Gasteiger charge is -2.35. The van der Waals surface area contributed by atoms with Crippen LogP contribution in [0.3, 0.4) is 0 Å². The Morgan fingerprint density at radius 3 is 2.28 bits per heavy atom. The van der Waals surface area contributed by atoms with Gasteiger partial charge in [-0.1, -0.05) is 5.16 Å². The summed E-state index contributed by atoms with van der Waals surface area (Å²) < 4.78 is 16.5. The van der Waals surface area contributed by atoms with Crippen LogP contribution in [0.25, 0.3) is 22.4 Å². The smallest absolute Gasteiger partial charge is 0.410 e. The normalized spacial score (nSPS) is 14.8. The van der Waals surface area contributed by atoms with Crippen LogP contribution in [0.15, 0.2) is 21.1 Å². The van der Waals surface area contributed by atoms with Gasteiger partial charge in [-0.2, -0.15) is 0 Å². The van der Waals surface area contributed by atoms with Gasteiger partial charge in [0.05, 0.1) is 22.3 Å². The summed E-state index contributed by atoms with van der Waals surface area (Å²) in [6, 6.07) is 3.66. The van der Waals surface area contributed by atoms with E-state index in [4.69, 9.17) is 13.7 Å². The molecule has 0 spiro atoms. The number of rotatable bonds is 2. The maximum absolute atomic E-state index is 13.5. The SMILES string of the molecule is Cc1cc(-c2cc(C(=O)N3CCN(C(=O)OC(C)(C)C)CC3)c3c(C)noc3n2)c(C)o1. The number of furan rings is 1. The highest BCUT2D eigenvalue weighted by atomic mass is 16.6. The maximum atomic E-state index is 13.5. The molecule has 4 heterocycles. The summed E-state index contributed by atoms with van der Waals surface area (Å²) in [5, 5.41) is 4.62. The molecule has 3 aromatic rings. The van der Waals surface area contributed by atoms with Crippen LogP contribution in [0, 0.1) is 20.8 Å². The molecular weight excluding hydrogens is 412 g/mol. The number of ether oxygens (including phenoxy) is 1. The average molecular weight is 441 g/mol. The van der Waals surface area contributed by atoms with Gasteiger partial charge in [0.1, 0.15) is 17.1 Å². The second-order valence-corrected chi connectivity index (χ2v) is 9.09. The van der Waals surface area contributed by atoms with Crippen LogP contribution in [-0.4, -0.2) is 63.7 Å². The van der Waals surface area contributed by atoms with Crippen molar-refractivity contribution in [3.8, 4) is 11.3 Å². The van der Waals surface area contributed by atoms with Gasteiger partial charge in [0, 0.05) is 31.7 Å². The Labute approximate surface area is 186 Å². The first kappa shape index (κ1) is 21.9. The van der Waals surface area contributed by atoms with Crippen LogP contribution in [0.4, 0.5) is 4.79 Å². The number of pyridine rings is 1. The highest BCUT2D eigenvalue weighted by Gasteiger charge is 2.30. The van der Waals surface area contributed by atoms with E-state index >= 15 is 0 Å². The third-order valence-electron chi connectivity index (χ3n) is 5.38. The number of hydrogen-bond acceptors (Lipinski definition) is 7. The van der Waals surface area contributed by atoms with Gasteiger partial charge in [0.2, 0.25) is 0 Å². The first-order chi connectivity index (χ1) is 15.0. The molecule has 4 rings (SSSR count). The van der Waals surface area contributed by atoms with Crippen LogP contribution in [0.2, 0.25) is 0 Å². The summed E-state index contributed by atoms with van der Waals surface area (Å²) in [7, 11) is 0. The molecule has 32 heavy (non-hydrogen) atoms. The van der Waals surface area contributed by atoms with E-state index in [0.717, 1.165) is 17.1 Å². The molecule has 0 atom stereocenters. The predicted molar refractivity (Wildman–Crippen MR) is 117 cm³/mol. The minimum atomic E-state index is -0.557. The molecule has 0 saturated carbocycles. The number of aryl methyl sites for hydroxylation is 3. The van der Waals surface area contributed by atoms with Crippen molar-refractivity contribution in [3.05, 3.63) is 34.9 Å². The summed E-state index contributed by atoms with van der Waals surface area (Å²) in [5.74, 6) is 1.33. The standard InChI is InChI=1S/C23H28N4O5/c1-13-11-16(15(3)30-13)18-12-17(19-14(2)25-32-20(19)24-18)21(28)26-7-9-27(10-8-26)22(29)31-23(4,5)6/h11-12H,7-10H2,1-6H3. The fourth-order valence-electron chi connectivity index (χ4n) is 3.88. The van der Waals surface area contributed by atoms with E-state index in [1.807, 2.05) is 40.7 Å². The third kappa shape index (κ3) is 4.19. The monoisotopic (exact) mass is 440 g/mol. The van der Waals surface area contributed by atoms with E-state index in [2.05, 4.69) is 10.1 Å². The van der Waals surface area contributed by atoms with Crippen LogP contribution >= 0.6 is 0 Å². The van der Waals surface area contributed by atoms with Gasteiger partial charge < -0.3 is 23.5 Å². The number of nitrogens with zero attached hydrogens (tertiary/aromatic N) is 4. The zero-order valence-electron chi connectivity index (χ0n) is 19.3. The van der Waals surface area contributed by atoms with E-state index in [-0.39, 0.29) is 12.0 Å². The number of carbonyl (C=O) groups is 2. The molecule has 0 aliphatic carbocycles. The molecule has 3 aromatic heterocycles. The van der Waals surface area contributed by atoms with Gasteiger partial charge in [-0.3, -0.25) is 4.79 Å². The van der Waals surface area contributed by atoms with Crippen LogP contribution in [0.1, 0.15) is 48.3 Å². The second kappa shape index (κ2) is 7.96. The highest BCUT2D eigenvalue weighted by molar-refractivity contribution is 6.07. The zero-order chi connectivity index (χ0) is 23.2. The third-order valence-corrected chi connectivity index (χ3v) is 5.38. The predicted octanol–water partition coefficient (Wildman–Crippen LogP) is 4.10. The van der Waals surface area contributed by atoms with Crippen molar-refractivity contribution in [1.82, 2.24) is 19.9 Å². The van der Waals surface area contributed by atoms with E-state index in [9.17, 15) is 9.59 Å². The molecule has 170 valence electrons. The largest absolute Gasteiger partial charge is 0.466 e.